The van der Waals surface area contributed by atoms with Crippen LogP contribution in [0.15, 0.2) is 23.8 Å². The molecule has 0 unspecified atom stereocenters. The third kappa shape index (κ3) is 11.2. The Bertz CT molecular complexity index is 1240. The van der Waals surface area contributed by atoms with Crippen LogP contribution in [0.1, 0.15) is 80.6 Å². The summed E-state index contributed by atoms with van der Waals surface area (Å²) in [6.07, 6.45) is -4.08. The Morgan fingerprint density at radius 1 is 1.02 bits per heavy atom. The number of rotatable bonds is 9. The van der Waals surface area contributed by atoms with Gasteiger partial charge in [-0.25, -0.2) is 0 Å². The first-order valence-electron chi connectivity index (χ1n) is 18.5. The molecule has 3 aliphatic rings. The summed E-state index contributed by atoms with van der Waals surface area (Å²) in [7, 11) is 3.51. The molecule has 0 amide bonds. The highest BCUT2D eigenvalue weighted by Gasteiger charge is 2.51. The summed E-state index contributed by atoms with van der Waals surface area (Å²) < 4.78 is 30.7. The van der Waals surface area contributed by atoms with E-state index in [1.165, 1.54) is 13.0 Å². The van der Waals surface area contributed by atoms with Gasteiger partial charge in [0.25, 0.3) is 0 Å². The highest BCUT2D eigenvalue weighted by Crippen LogP contribution is 2.37. The molecule has 16 atom stereocenters. The van der Waals surface area contributed by atoms with E-state index in [9.17, 15) is 39.9 Å². The smallest absolute Gasteiger partial charge is 0.308 e. The van der Waals surface area contributed by atoms with Gasteiger partial charge in [-0.3, -0.25) is 9.59 Å². The van der Waals surface area contributed by atoms with E-state index in [1.807, 2.05) is 6.92 Å². The third-order valence-electron chi connectivity index (χ3n) is 10.9. The summed E-state index contributed by atoms with van der Waals surface area (Å²) in [6, 6.07) is -0.720. The number of allylic oxidation sites excluding steroid dienone is 3. The van der Waals surface area contributed by atoms with Crippen molar-refractivity contribution in [2.75, 3.05) is 20.7 Å². The van der Waals surface area contributed by atoms with Crippen LogP contribution in [-0.4, -0.2) is 142 Å². The van der Waals surface area contributed by atoms with Crippen LogP contribution in [0.4, 0.5) is 0 Å². The second kappa shape index (κ2) is 19.5. The van der Waals surface area contributed by atoms with Gasteiger partial charge in [0.1, 0.15) is 30.7 Å². The molecule has 0 radical (unpaired) electrons. The zero-order chi connectivity index (χ0) is 39.1. The van der Waals surface area contributed by atoms with E-state index < -0.39 is 109 Å². The number of cyclic esters (lactones) is 1. The number of esters is 1. The lowest BCUT2D eigenvalue weighted by Gasteiger charge is -2.50. The number of ketones is 1. The van der Waals surface area contributed by atoms with Crippen molar-refractivity contribution >= 4 is 18.0 Å². The van der Waals surface area contributed by atoms with Crippen molar-refractivity contribution in [2.45, 2.75) is 154 Å². The Hall–Kier alpha value is -2.11. The van der Waals surface area contributed by atoms with Gasteiger partial charge >= 0.3 is 5.97 Å². The van der Waals surface area contributed by atoms with Gasteiger partial charge in [-0.15, -0.1) is 0 Å². The normalized spacial score (nSPS) is 44.8. The number of aliphatic hydroxyl groups is 5. The van der Waals surface area contributed by atoms with Gasteiger partial charge in [-0.1, -0.05) is 38.5 Å². The predicted octanol–water partition coefficient (Wildman–Crippen LogP) is 1.67. The number of hydrogen-bond donors (Lipinski definition) is 5. The van der Waals surface area contributed by atoms with E-state index in [-0.39, 0.29) is 31.7 Å². The molecule has 298 valence electrons. The number of carbonyl (C=O) groups excluding carboxylic acids is 3. The van der Waals surface area contributed by atoms with Gasteiger partial charge in [0.15, 0.2) is 18.4 Å². The quantitative estimate of drug-likeness (QED) is 0.169. The molecule has 3 rings (SSSR count). The summed E-state index contributed by atoms with van der Waals surface area (Å²) in [4.78, 5) is 40.3. The van der Waals surface area contributed by atoms with Crippen LogP contribution < -0.4 is 0 Å². The number of likely N-dealkylation sites (N-methyl/N-ethyl adjacent to an activating group) is 1. The molecular formula is C38H63NO13. The van der Waals surface area contributed by atoms with E-state index >= 15 is 0 Å². The molecule has 2 saturated heterocycles. The second-order valence-corrected chi connectivity index (χ2v) is 15.5. The first-order chi connectivity index (χ1) is 24.3. The van der Waals surface area contributed by atoms with Crippen molar-refractivity contribution in [3.63, 3.8) is 0 Å². The molecule has 14 heteroatoms. The minimum atomic E-state index is -1.47. The molecule has 52 heavy (non-hydrogen) atoms. The van der Waals surface area contributed by atoms with Crippen LogP contribution in [0.5, 0.6) is 0 Å². The largest absolute Gasteiger partial charge is 0.462 e. The highest BCUT2D eigenvalue weighted by molar-refractivity contribution is 5.91. The third-order valence-corrected chi connectivity index (χ3v) is 10.9. The van der Waals surface area contributed by atoms with Crippen LogP contribution in [0, 0.1) is 23.7 Å². The molecule has 14 nitrogen and oxygen atoms in total. The fourth-order valence-electron chi connectivity index (χ4n) is 7.68. The average Bonchev–Trinajstić information content (AvgIpc) is 3.07. The summed E-state index contributed by atoms with van der Waals surface area (Å²) in [5.74, 6) is -3.38. The van der Waals surface area contributed by atoms with Crippen LogP contribution in [0.2, 0.25) is 0 Å². The van der Waals surface area contributed by atoms with Crippen molar-refractivity contribution in [1.82, 2.24) is 4.90 Å². The topological polar surface area (TPSA) is 202 Å². The van der Waals surface area contributed by atoms with E-state index in [1.54, 1.807) is 65.8 Å². The number of carbonyl (C=O) groups is 3. The van der Waals surface area contributed by atoms with Crippen molar-refractivity contribution in [3.8, 4) is 0 Å². The fraction of sp³-hybridized carbons (Fsp3) is 0.816. The van der Waals surface area contributed by atoms with Gasteiger partial charge < -0.3 is 58.9 Å². The first-order valence-corrected chi connectivity index (χ1v) is 18.5. The number of nitrogens with zero attached hydrogens (tertiary/aromatic N) is 1. The van der Waals surface area contributed by atoms with Crippen molar-refractivity contribution in [2.24, 2.45) is 23.7 Å². The molecule has 0 saturated carbocycles. The summed E-state index contributed by atoms with van der Waals surface area (Å²) in [5.41, 5.74) is -0.773. The molecular weight excluding hydrogens is 678 g/mol. The van der Waals surface area contributed by atoms with Gasteiger partial charge in [0.2, 0.25) is 0 Å². The maximum atomic E-state index is 13.3. The molecule has 0 aliphatic carbocycles. The van der Waals surface area contributed by atoms with Gasteiger partial charge in [-0.05, 0) is 66.6 Å². The highest BCUT2D eigenvalue weighted by atomic mass is 16.7. The minimum absolute atomic E-state index is 0.0210. The number of hydrogen-bond acceptors (Lipinski definition) is 14. The Balaban J connectivity index is 1.96. The van der Waals surface area contributed by atoms with E-state index in [4.69, 9.17) is 23.7 Å². The summed E-state index contributed by atoms with van der Waals surface area (Å²) in [5, 5.41) is 54.5. The number of aliphatic hydroxyl groups excluding tert-OH is 4. The van der Waals surface area contributed by atoms with Crippen LogP contribution >= 0.6 is 0 Å². The van der Waals surface area contributed by atoms with Crippen molar-refractivity contribution in [1.29, 1.82) is 0 Å². The number of aldehydes is 1. The van der Waals surface area contributed by atoms with Crippen LogP contribution in [0.3, 0.4) is 0 Å². The standard InChI is InChI=1S/C38H63NO13/c1-10-29-26(19-41)15-20(2)11-12-27(42)21(3)16-25(13-14-40)34(22(4)28(43)17-30(44)50-29)52-37-33(45)32(39(8)9)35(23(5)49-37)51-31-18-38(7,47)36(46)24(6)48-31/h11-12,14-15,21-26,28-29,31-37,41,43,45-47H,10,13,16-19H2,1-9H3/b12-11-,20-15+/t21-,22-,23+,24+,25+,26+,28-,29-,31+,32+,33-,34-,35-,36-,37-,38+/m1/s1. The molecule has 3 heterocycles. The van der Waals surface area contributed by atoms with E-state index in [0.717, 1.165) is 6.29 Å². The molecule has 0 spiro atoms. The molecule has 0 aromatic rings. The van der Waals surface area contributed by atoms with Crippen LogP contribution in [0.25, 0.3) is 0 Å². The summed E-state index contributed by atoms with van der Waals surface area (Å²) in [6.45, 7) is 11.6. The maximum absolute atomic E-state index is 13.3. The van der Waals surface area contributed by atoms with Crippen molar-refractivity contribution < 1.29 is 63.6 Å². The fourth-order valence-corrected chi connectivity index (χ4v) is 7.68. The molecule has 0 aromatic carbocycles. The van der Waals surface area contributed by atoms with Gasteiger partial charge in [0, 0.05) is 30.6 Å². The first kappa shape index (κ1) is 44.3. The molecule has 0 bridgehead atoms. The van der Waals surface area contributed by atoms with E-state index in [2.05, 4.69) is 0 Å². The molecule has 2 fully saturated rings. The Morgan fingerprint density at radius 2 is 1.69 bits per heavy atom. The summed E-state index contributed by atoms with van der Waals surface area (Å²) >= 11 is 0. The zero-order valence-corrected chi connectivity index (χ0v) is 32.2. The average molecular weight is 742 g/mol. The van der Waals surface area contributed by atoms with E-state index in [0.29, 0.717) is 12.0 Å². The minimum Gasteiger partial charge on any atom is -0.462 e. The predicted molar refractivity (Wildman–Crippen MR) is 190 cm³/mol. The lowest BCUT2D eigenvalue weighted by molar-refractivity contribution is -0.341. The zero-order valence-electron chi connectivity index (χ0n) is 32.2. The number of ether oxygens (including phenoxy) is 5. The Kier molecular flexibility index (Phi) is 16.6. The van der Waals surface area contributed by atoms with Crippen molar-refractivity contribution in [3.05, 3.63) is 23.8 Å². The van der Waals surface area contributed by atoms with Crippen LogP contribution in [-0.2, 0) is 38.1 Å². The van der Waals surface area contributed by atoms with Gasteiger partial charge in [0.05, 0.1) is 49.1 Å². The lowest BCUT2D eigenvalue weighted by atomic mass is 9.79. The lowest BCUT2D eigenvalue weighted by Crippen LogP contribution is -2.65. The Labute approximate surface area is 308 Å². The molecule has 0 aromatic heterocycles. The Morgan fingerprint density at radius 3 is 2.27 bits per heavy atom. The monoisotopic (exact) mass is 741 g/mol. The molecule has 3 aliphatic heterocycles. The molecule has 5 N–H and O–H groups in total. The van der Waals surface area contributed by atoms with Gasteiger partial charge in [-0.2, -0.15) is 0 Å². The second-order valence-electron chi connectivity index (χ2n) is 15.5. The maximum Gasteiger partial charge on any atom is 0.308 e. The SMILES string of the molecule is CC[C@H]1OC(=O)C[C@@H](O)[C@@H](C)[C@@H](O[C@H]2O[C@@H](C)[C@@H](O[C@H]3C[C@](C)(O)[C@H](O)[C@H](C)O3)[C@@H](N(C)C)[C@H]2O)[C@@H](CC=O)C[C@@H](C)C(=O)/C=C\C(C)=C\[C@H]1CO.